The number of anilines is 1. The van der Waals surface area contributed by atoms with Gasteiger partial charge in [-0.05, 0) is 55.4 Å². The average molecular weight is 689 g/mol. The molecule has 0 radical (unpaired) electrons. The van der Waals surface area contributed by atoms with Crippen LogP contribution in [0.25, 0.3) is 0 Å². The summed E-state index contributed by atoms with van der Waals surface area (Å²) >= 11 is 0.889. The van der Waals surface area contributed by atoms with Crippen LogP contribution in [0, 0.1) is 0 Å². The van der Waals surface area contributed by atoms with Crippen LogP contribution in [0.5, 0.6) is 0 Å². The Kier molecular flexibility index (Phi) is 10.5. The zero-order valence-corrected chi connectivity index (χ0v) is 27.9. The molecule has 1 aliphatic heterocycles. The van der Waals surface area contributed by atoms with E-state index in [0.29, 0.717) is 0 Å². The largest absolute Gasteiger partial charge is 0.457 e. The second kappa shape index (κ2) is 13.3. The molecule has 0 aromatic carbocycles. The molecule has 3 amide bonds. The maximum atomic E-state index is 13.6. The molecule has 0 unspecified atom stereocenters. The van der Waals surface area contributed by atoms with Gasteiger partial charge >= 0.3 is 22.4 Å². The van der Waals surface area contributed by atoms with E-state index in [1.54, 1.807) is 41.5 Å². The number of hydrogen-bond donors (Lipinski definition) is 4. The molecule has 0 saturated carbocycles. The molecule has 0 aliphatic carbocycles. The van der Waals surface area contributed by atoms with E-state index in [-0.39, 0.29) is 27.4 Å². The summed E-state index contributed by atoms with van der Waals surface area (Å²) in [5, 5.41) is 26.6. The summed E-state index contributed by atoms with van der Waals surface area (Å²) in [7, 11) is -5.05. The number of thiazole rings is 1. The number of β-lactam (4-membered cyclic amide) rings is 1. The minimum Gasteiger partial charge on any atom is -0.457 e. The number of amides is 3. The molecule has 2 aromatic rings. The molecule has 1 fully saturated rings. The van der Waals surface area contributed by atoms with E-state index in [4.69, 9.17) is 14.3 Å². The molecule has 3 rings (SSSR count). The van der Waals surface area contributed by atoms with E-state index in [0.717, 1.165) is 16.0 Å². The lowest BCUT2D eigenvalue weighted by Gasteiger charge is -2.43. The summed E-state index contributed by atoms with van der Waals surface area (Å²) in [6, 6.07) is -2.90. The summed E-state index contributed by atoms with van der Waals surface area (Å²) in [6.07, 6.45) is 0.446. The van der Waals surface area contributed by atoms with Gasteiger partial charge in [0.15, 0.2) is 10.8 Å². The van der Waals surface area contributed by atoms with Gasteiger partial charge in [-0.1, -0.05) is 10.4 Å². The molecule has 254 valence electrons. The summed E-state index contributed by atoms with van der Waals surface area (Å²) in [5.41, 5.74) is -3.99. The third-order valence-corrected chi connectivity index (χ3v) is 7.36. The van der Waals surface area contributed by atoms with E-state index in [2.05, 4.69) is 31.1 Å². The summed E-state index contributed by atoms with van der Waals surface area (Å²) in [6.45, 7) is 11.7. The number of oxime groups is 1. The molecule has 0 spiro atoms. The van der Waals surface area contributed by atoms with Crippen LogP contribution in [0.15, 0.2) is 16.7 Å². The fraction of sp³-hybridized carbons (Fsp3) is 0.600. The molecule has 4 N–H and O–H groups in total. The minimum atomic E-state index is -5.05. The third-order valence-electron chi connectivity index (χ3n) is 5.65. The number of aliphatic hydroxyl groups is 1. The molecule has 1 aliphatic rings. The van der Waals surface area contributed by atoms with Crippen LogP contribution >= 0.6 is 11.3 Å². The lowest BCUT2D eigenvalue weighted by Crippen LogP contribution is -2.73. The van der Waals surface area contributed by atoms with E-state index in [9.17, 15) is 37.3 Å². The van der Waals surface area contributed by atoms with Crippen LogP contribution in [0.1, 0.15) is 66.8 Å². The van der Waals surface area contributed by atoms with Crippen LogP contribution in [0.4, 0.5) is 9.93 Å². The minimum absolute atomic E-state index is 0.00262. The van der Waals surface area contributed by atoms with Crippen molar-refractivity contribution in [1.82, 2.24) is 29.6 Å². The van der Waals surface area contributed by atoms with Gasteiger partial charge in [0.2, 0.25) is 5.60 Å². The van der Waals surface area contributed by atoms with Crippen molar-refractivity contribution in [2.24, 2.45) is 5.16 Å². The number of carbonyl (C=O) groups is 4. The number of esters is 1. The molecule has 19 nitrogen and oxygen atoms in total. The highest BCUT2D eigenvalue weighted by Crippen LogP contribution is 2.26. The summed E-state index contributed by atoms with van der Waals surface area (Å²) < 4.78 is 45.3. The van der Waals surface area contributed by atoms with Gasteiger partial charge in [0.05, 0.1) is 25.4 Å². The van der Waals surface area contributed by atoms with E-state index in [1.807, 2.05) is 0 Å². The summed E-state index contributed by atoms with van der Waals surface area (Å²) in [4.78, 5) is 61.0. The van der Waals surface area contributed by atoms with Crippen molar-refractivity contribution in [3.05, 3.63) is 23.0 Å². The van der Waals surface area contributed by atoms with E-state index >= 15 is 0 Å². The Morgan fingerprint density at radius 3 is 2.26 bits per heavy atom. The van der Waals surface area contributed by atoms with Crippen molar-refractivity contribution < 1.29 is 51.6 Å². The highest BCUT2D eigenvalue weighted by molar-refractivity contribution is 7.84. The number of nitrogens with zero attached hydrogens (tertiary/aromatic N) is 6. The van der Waals surface area contributed by atoms with Crippen molar-refractivity contribution in [2.75, 3.05) is 5.32 Å². The Morgan fingerprint density at radius 1 is 1.09 bits per heavy atom. The number of carbonyl (C=O) groups excluding carboxylic acids is 4. The van der Waals surface area contributed by atoms with Crippen LogP contribution in [-0.4, -0.2) is 101 Å². The summed E-state index contributed by atoms with van der Waals surface area (Å²) in [5.74, 6) is -3.09. The predicted octanol–water partition coefficient (Wildman–Crippen LogP) is 0.614. The molecule has 1 saturated heterocycles. The highest BCUT2D eigenvalue weighted by Gasteiger charge is 2.54. The topological polar surface area (TPSA) is 254 Å². The Morgan fingerprint density at radius 2 is 1.72 bits per heavy atom. The van der Waals surface area contributed by atoms with Crippen molar-refractivity contribution in [3.8, 4) is 0 Å². The van der Waals surface area contributed by atoms with Gasteiger partial charge in [0.1, 0.15) is 28.6 Å². The smallest absolute Gasteiger partial charge is 0.413 e. The van der Waals surface area contributed by atoms with Crippen molar-refractivity contribution >= 4 is 56.4 Å². The monoisotopic (exact) mass is 688 g/mol. The SMILES string of the molecule is CC(C)(C)OC(=O)Nc1nc(/C(=N\OC(C)(C)C(=O)OC(C)(C)C)C(=O)N[C@@H]2C(=O)N(S(=O)(=O)O)[C@@H]2Cn2cc(CO)nn2)cs1. The molecule has 2 aromatic heterocycles. The molecule has 46 heavy (non-hydrogen) atoms. The van der Waals surface area contributed by atoms with Crippen LogP contribution in [0.3, 0.4) is 0 Å². The molecule has 21 heteroatoms. The number of aromatic nitrogens is 4. The molecule has 3 heterocycles. The zero-order chi connectivity index (χ0) is 34.8. The number of aliphatic hydroxyl groups excluding tert-OH is 1. The van der Waals surface area contributed by atoms with Gasteiger partial charge in [-0.15, -0.1) is 16.4 Å². The van der Waals surface area contributed by atoms with Gasteiger partial charge in [-0.3, -0.25) is 19.5 Å². The number of nitrogens with one attached hydrogen (secondary N) is 2. The maximum absolute atomic E-state index is 13.6. The maximum Gasteiger partial charge on any atom is 0.413 e. The van der Waals surface area contributed by atoms with Gasteiger partial charge in [-0.25, -0.2) is 23.6 Å². The lowest BCUT2D eigenvalue weighted by molar-refractivity contribution is -0.179. The van der Waals surface area contributed by atoms with Gasteiger partial charge < -0.3 is 24.7 Å². The van der Waals surface area contributed by atoms with Crippen LogP contribution in [-0.2, 0) is 52.2 Å². The molecule has 2 atom stereocenters. The quantitative estimate of drug-likeness (QED) is 0.0830. The Labute approximate surface area is 268 Å². The molecular formula is C25H36N8O11S2. The predicted molar refractivity (Wildman–Crippen MR) is 160 cm³/mol. The highest BCUT2D eigenvalue weighted by atomic mass is 32.2. The first kappa shape index (κ1) is 36.3. The molecular weight excluding hydrogens is 652 g/mol. The standard InChI is InChI=1S/C25H36N8O11S2/c1-23(2,3)42-20(37)25(7,8)44-30-16(14-12-45-21(26-14)28-22(38)43-24(4,5)6)18(35)27-17-15(33(19(17)36)46(39,40)41)10-32-9-13(11-34)29-31-32/h9,12,15,17,34H,10-11H2,1-8H3,(H,27,35)(H,26,28,38)(H,39,40,41)/b30-16+/t15-,17+/m1/s1. The fourth-order valence-electron chi connectivity index (χ4n) is 3.68. The second-order valence-corrected chi connectivity index (χ2v) is 14.6. The van der Waals surface area contributed by atoms with Gasteiger partial charge in [-0.2, -0.15) is 8.42 Å². The second-order valence-electron chi connectivity index (χ2n) is 12.4. The third kappa shape index (κ3) is 9.40. The van der Waals surface area contributed by atoms with Crippen LogP contribution in [0.2, 0.25) is 0 Å². The lowest BCUT2D eigenvalue weighted by atomic mass is 9.98. The van der Waals surface area contributed by atoms with Crippen LogP contribution < -0.4 is 10.6 Å². The van der Waals surface area contributed by atoms with Crippen molar-refractivity contribution in [1.29, 1.82) is 0 Å². The fourth-order valence-corrected chi connectivity index (χ4v) is 5.23. The van der Waals surface area contributed by atoms with Crippen molar-refractivity contribution in [3.63, 3.8) is 0 Å². The van der Waals surface area contributed by atoms with Gasteiger partial charge in [0.25, 0.3) is 11.8 Å². The first-order valence-corrected chi connectivity index (χ1v) is 15.9. The Hall–Kier alpha value is -4.21. The van der Waals surface area contributed by atoms with Gasteiger partial charge in [0, 0.05) is 5.38 Å². The molecule has 0 bridgehead atoms. The Balaban J connectivity index is 1.93. The normalized spacial score (nSPS) is 17.7. The van der Waals surface area contributed by atoms with E-state index in [1.165, 1.54) is 25.4 Å². The van der Waals surface area contributed by atoms with Crippen molar-refractivity contribution in [2.45, 2.75) is 97.4 Å². The number of ether oxygens (including phenoxy) is 2. The number of hydrogen-bond acceptors (Lipinski definition) is 15. The Bertz CT molecular complexity index is 1620. The zero-order valence-electron chi connectivity index (χ0n) is 26.3. The number of rotatable bonds is 11. The van der Waals surface area contributed by atoms with E-state index < -0.39 is 75.4 Å². The first-order valence-electron chi connectivity index (χ1n) is 13.6. The first-order chi connectivity index (χ1) is 21.0. The average Bonchev–Trinajstić information content (AvgIpc) is 3.53.